The monoisotopic (exact) mass is 250 g/mol. The van der Waals surface area contributed by atoms with Gasteiger partial charge in [0.1, 0.15) is 0 Å². The number of rotatable bonds is 6. The molecule has 1 aromatic heterocycles. The van der Waals surface area contributed by atoms with E-state index in [9.17, 15) is 5.11 Å². The first-order valence-corrected chi connectivity index (χ1v) is 6.59. The van der Waals surface area contributed by atoms with E-state index in [1.165, 1.54) is 5.56 Å². The molecular formula is C14H22N2O2. The van der Waals surface area contributed by atoms with Gasteiger partial charge in [-0.2, -0.15) is 0 Å². The molecule has 0 saturated carbocycles. The van der Waals surface area contributed by atoms with E-state index in [1.54, 1.807) is 0 Å². The first kappa shape index (κ1) is 13.5. The third kappa shape index (κ3) is 4.05. The van der Waals surface area contributed by atoms with Gasteiger partial charge in [-0.15, -0.1) is 0 Å². The number of pyridine rings is 1. The molecule has 0 radical (unpaired) electrons. The second kappa shape index (κ2) is 6.83. The second-order valence-corrected chi connectivity index (χ2v) is 5.06. The van der Waals surface area contributed by atoms with Gasteiger partial charge in [-0.1, -0.05) is 0 Å². The lowest BCUT2D eigenvalue weighted by Crippen LogP contribution is -2.35. The third-order valence-corrected chi connectivity index (χ3v) is 3.54. The lowest BCUT2D eigenvalue weighted by Gasteiger charge is -2.23. The van der Waals surface area contributed by atoms with Crippen molar-refractivity contribution < 1.29 is 9.84 Å². The summed E-state index contributed by atoms with van der Waals surface area (Å²) in [5.74, 6) is 0.313. The average molecular weight is 250 g/mol. The first-order valence-electron chi connectivity index (χ1n) is 6.59. The molecule has 1 N–H and O–H groups in total. The van der Waals surface area contributed by atoms with Gasteiger partial charge in [0.25, 0.3) is 0 Å². The van der Waals surface area contributed by atoms with Gasteiger partial charge in [0.15, 0.2) is 0 Å². The maximum atomic E-state index is 10.1. The van der Waals surface area contributed by atoms with Crippen molar-refractivity contribution in [3.63, 3.8) is 0 Å². The maximum Gasteiger partial charge on any atom is 0.0717 e. The fourth-order valence-electron chi connectivity index (χ4n) is 2.29. The third-order valence-electron chi connectivity index (χ3n) is 3.54. The summed E-state index contributed by atoms with van der Waals surface area (Å²) in [6, 6.07) is 4.07. The molecule has 0 aromatic carbocycles. The van der Waals surface area contributed by atoms with Crippen LogP contribution in [0.5, 0.6) is 0 Å². The van der Waals surface area contributed by atoms with Gasteiger partial charge in [-0.05, 0) is 37.6 Å². The molecule has 2 unspecified atom stereocenters. The number of ether oxygens (including phenoxy) is 1. The van der Waals surface area contributed by atoms with Crippen LogP contribution >= 0.6 is 0 Å². The molecular weight excluding hydrogens is 228 g/mol. The van der Waals surface area contributed by atoms with Crippen molar-refractivity contribution in [3.8, 4) is 0 Å². The summed E-state index contributed by atoms with van der Waals surface area (Å²) in [5, 5.41) is 10.1. The van der Waals surface area contributed by atoms with Crippen molar-refractivity contribution >= 4 is 0 Å². The molecule has 0 aliphatic carbocycles. The minimum absolute atomic E-state index is 0.269. The van der Waals surface area contributed by atoms with Crippen LogP contribution in [0.25, 0.3) is 0 Å². The lowest BCUT2D eigenvalue weighted by molar-refractivity contribution is 0.0636. The summed E-state index contributed by atoms with van der Waals surface area (Å²) in [5.41, 5.74) is 1.29. The zero-order valence-corrected chi connectivity index (χ0v) is 11.0. The molecule has 1 aliphatic heterocycles. The van der Waals surface area contributed by atoms with Gasteiger partial charge in [0.2, 0.25) is 0 Å². The summed E-state index contributed by atoms with van der Waals surface area (Å²) >= 11 is 0. The Hall–Kier alpha value is -0.970. The van der Waals surface area contributed by atoms with Crippen molar-refractivity contribution in [2.75, 3.05) is 33.4 Å². The predicted molar refractivity (Wildman–Crippen MR) is 70.4 cm³/mol. The molecule has 2 rings (SSSR count). The lowest BCUT2D eigenvalue weighted by atomic mass is 10.0. The van der Waals surface area contributed by atoms with Gasteiger partial charge in [0.05, 0.1) is 12.7 Å². The largest absolute Gasteiger partial charge is 0.391 e. The van der Waals surface area contributed by atoms with Crippen LogP contribution in [0.4, 0.5) is 0 Å². The van der Waals surface area contributed by atoms with Gasteiger partial charge < -0.3 is 14.7 Å². The number of nitrogens with zero attached hydrogens (tertiary/aromatic N) is 2. The van der Waals surface area contributed by atoms with Gasteiger partial charge in [-0.3, -0.25) is 4.98 Å². The van der Waals surface area contributed by atoms with E-state index in [2.05, 4.69) is 16.9 Å². The Morgan fingerprint density at radius 3 is 2.94 bits per heavy atom. The van der Waals surface area contributed by atoms with E-state index in [1.807, 2.05) is 24.5 Å². The Balaban J connectivity index is 1.70. The van der Waals surface area contributed by atoms with E-state index in [4.69, 9.17) is 4.74 Å². The number of hydrogen-bond donors (Lipinski definition) is 1. The topological polar surface area (TPSA) is 45.6 Å². The molecule has 4 nitrogen and oxygen atoms in total. The van der Waals surface area contributed by atoms with Crippen LogP contribution in [0.3, 0.4) is 0 Å². The van der Waals surface area contributed by atoms with Crippen LogP contribution in [0.2, 0.25) is 0 Å². The molecule has 1 fully saturated rings. The van der Waals surface area contributed by atoms with Crippen LogP contribution in [0.15, 0.2) is 24.5 Å². The summed E-state index contributed by atoms with van der Waals surface area (Å²) in [6.07, 6.45) is 5.35. The zero-order valence-electron chi connectivity index (χ0n) is 11.0. The quantitative estimate of drug-likeness (QED) is 0.816. The standard InChI is InChI=1S/C14H22N2O2/c1-16(8-4-12-2-6-15-7-3-12)10-14(17)13-5-9-18-11-13/h2-3,6-7,13-14,17H,4-5,8-11H2,1H3. The predicted octanol–water partition coefficient (Wildman–Crippen LogP) is 0.953. The Morgan fingerprint density at radius 1 is 1.50 bits per heavy atom. The highest BCUT2D eigenvalue weighted by Crippen LogP contribution is 2.17. The highest BCUT2D eigenvalue weighted by atomic mass is 16.5. The zero-order chi connectivity index (χ0) is 12.8. The number of aromatic nitrogens is 1. The summed E-state index contributed by atoms with van der Waals surface area (Å²) in [4.78, 5) is 6.19. The van der Waals surface area contributed by atoms with E-state index in [0.29, 0.717) is 12.5 Å². The number of hydrogen-bond acceptors (Lipinski definition) is 4. The normalized spacial score (nSPS) is 21.4. The van der Waals surface area contributed by atoms with Crippen LogP contribution < -0.4 is 0 Å². The molecule has 100 valence electrons. The van der Waals surface area contributed by atoms with E-state index in [-0.39, 0.29) is 6.10 Å². The molecule has 2 atom stereocenters. The van der Waals surface area contributed by atoms with Crippen LogP contribution in [-0.4, -0.2) is 54.4 Å². The molecule has 0 spiro atoms. The minimum Gasteiger partial charge on any atom is -0.391 e. The van der Waals surface area contributed by atoms with E-state index >= 15 is 0 Å². The van der Waals surface area contributed by atoms with Crippen molar-refractivity contribution in [2.24, 2.45) is 5.92 Å². The molecule has 1 aromatic rings. The average Bonchev–Trinajstić information content (AvgIpc) is 2.91. The number of likely N-dealkylation sites (N-methyl/N-ethyl adjacent to an activating group) is 1. The van der Waals surface area contributed by atoms with Crippen molar-refractivity contribution in [2.45, 2.75) is 18.9 Å². The van der Waals surface area contributed by atoms with Crippen LogP contribution in [0, 0.1) is 5.92 Å². The van der Waals surface area contributed by atoms with Gasteiger partial charge >= 0.3 is 0 Å². The van der Waals surface area contributed by atoms with Crippen LogP contribution in [-0.2, 0) is 11.2 Å². The van der Waals surface area contributed by atoms with Crippen LogP contribution in [0.1, 0.15) is 12.0 Å². The molecule has 2 heterocycles. The Morgan fingerprint density at radius 2 is 2.28 bits per heavy atom. The van der Waals surface area contributed by atoms with E-state index < -0.39 is 0 Å². The van der Waals surface area contributed by atoms with Crippen molar-refractivity contribution in [1.29, 1.82) is 0 Å². The van der Waals surface area contributed by atoms with Crippen molar-refractivity contribution in [3.05, 3.63) is 30.1 Å². The molecule has 0 bridgehead atoms. The highest BCUT2D eigenvalue weighted by molar-refractivity contribution is 5.09. The SMILES string of the molecule is CN(CCc1ccncc1)CC(O)C1CCOC1. The summed E-state index contributed by atoms with van der Waals surface area (Å²) < 4.78 is 5.30. The fraction of sp³-hybridized carbons (Fsp3) is 0.643. The fourth-order valence-corrected chi connectivity index (χ4v) is 2.29. The molecule has 18 heavy (non-hydrogen) atoms. The van der Waals surface area contributed by atoms with Crippen molar-refractivity contribution in [1.82, 2.24) is 9.88 Å². The highest BCUT2D eigenvalue weighted by Gasteiger charge is 2.24. The minimum atomic E-state index is -0.269. The molecule has 0 amide bonds. The summed E-state index contributed by atoms with van der Waals surface area (Å²) in [7, 11) is 2.06. The maximum absolute atomic E-state index is 10.1. The van der Waals surface area contributed by atoms with E-state index in [0.717, 1.165) is 32.5 Å². The Bertz CT molecular complexity index is 339. The summed E-state index contributed by atoms with van der Waals surface area (Å²) in [6.45, 7) is 3.18. The Labute approximate surface area is 109 Å². The number of aliphatic hydroxyl groups excluding tert-OH is 1. The number of aliphatic hydroxyl groups is 1. The Kier molecular flexibility index (Phi) is 5.11. The van der Waals surface area contributed by atoms with Gasteiger partial charge in [-0.25, -0.2) is 0 Å². The second-order valence-electron chi connectivity index (χ2n) is 5.06. The first-order chi connectivity index (χ1) is 8.75. The molecule has 4 heteroatoms. The molecule has 1 aliphatic rings. The smallest absolute Gasteiger partial charge is 0.0717 e. The van der Waals surface area contributed by atoms with Gasteiger partial charge in [0, 0.05) is 38.0 Å². The molecule has 1 saturated heterocycles.